The molecule has 1 N–H and O–H groups in total. The van der Waals surface area contributed by atoms with Gasteiger partial charge in [-0.25, -0.2) is 0 Å². The van der Waals surface area contributed by atoms with Crippen LogP contribution in [0.2, 0.25) is 5.02 Å². The second kappa shape index (κ2) is 4.16. The average molecular weight is 204 g/mol. The number of nitrogens with one attached hydrogen (secondary N) is 1. The Hall–Kier alpha value is -1.47. The van der Waals surface area contributed by atoms with Gasteiger partial charge in [0.05, 0.1) is 0 Å². The van der Waals surface area contributed by atoms with Crippen LogP contribution in [-0.4, -0.2) is 4.98 Å². The number of hydrogen-bond acceptors (Lipinski definition) is 0. The molecule has 0 bridgehead atoms. The van der Waals surface area contributed by atoms with Crippen LogP contribution in [0.25, 0.3) is 12.2 Å². The predicted molar refractivity (Wildman–Crippen MR) is 61.2 cm³/mol. The Labute approximate surface area is 88.0 Å². The lowest BCUT2D eigenvalue weighted by molar-refractivity contribution is 1.41. The predicted octanol–water partition coefficient (Wildman–Crippen LogP) is 3.84. The zero-order valence-corrected chi connectivity index (χ0v) is 8.33. The fourth-order valence-corrected chi connectivity index (χ4v) is 1.44. The average Bonchev–Trinajstić information content (AvgIpc) is 2.69. The molecule has 0 amide bonds. The number of rotatable bonds is 2. The van der Waals surface area contributed by atoms with Gasteiger partial charge in [0.25, 0.3) is 0 Å². The summed E-state index contributed by atoms with van der Waals surface area (Å²) in [6, 6.07) is 9.79. The van der Waals surface area contributed by atoms with Crippen molar-refractivity contribution in [2.24, 2.45) is 0 Å². The van der Waals surface area contributed by atoms with Crippen LogP contribution in [-0.2, 0) is 0 Å². The van der Waals surface area contributed by atoms with Gasteiger partial charge in [-0.3, -0.25) is 0 Å². The molecule has 0 aliphatic rings. The molecule has 2 aromatic rings. The first-order valence-corrected chi connectivity index (χ1v) is 4.79. The minimum Gasteiger partial charge on any atom is -0.367 e. The van der Waals surface area contributed by atoms with Crippen LogP contribution in [0.1, 0.15) is 11.1 Å². The molecule has 0 fully saturated rings. The Morgan fingerprint density at radius 3 is 2.64 bits per heavy atom. The van der Waals surface area contributed by atoms with Gasteiger partial charge in [0, 0.05) is 17.4 Å². The molecule has 14 heavy (non-hydrogen) atoms. The summed E-state index contributed by atoms with van der Waals surface area (Å²) in [4.78, 5) is 3.00. The third kappa shape index (κ3) is 2.06. The highest BCUT2D eigenvalue weighted by Crippen LogP contribution is 2.17. The molecule has 1 aromatic carbocycles. The summed E-state index contributed by atoms with van der Waals surface area (Å²) in [6.07, 6.45) is 7.86. The molecule has 0 atom stereocenters. The molecule has 0 radical (unpaired) electrons. The molecule has 0 saturated heterocycles. The van der Waals surface area contributed by atoms with E-state index >= 15 is 0 Å². The van der Waals surface area contributed by atoms with E-state index in [-0.39, 0.29) is 0 Å². The highest BCUT2D eigenvalue weighted by Gasteiger charge is 1.92. The third-order valence-corrected chi connectivity index (χ3v) is 2.33. The number of benzene rings is 1. The van der Waals surface area contributed by atoms with Gasteiger partial charge in [-0.2, -0.15) is 0 Å². The molecular weight excluding hydrogens is 194 g/mol. The lowest BCUT2D eigenvalue weighted by atomic mass is 10.2. The molecule has 1 heterocycles. The molecule has 2 rings (SSSR count). The lowest BCUT2D eigenvalue weighted by Gasteiger charge is -1.95. The largest absolute Gasteiger partial charge is 0.367 e. The maximum absolute atomic E-state index is 6.01. The van der Waals surface area contributed by atoms with Gasteiger partial charge in [-0.05, 0) is 23.3 Å². The maximum Gasteiger partial charge on any atom is 0.0478 e. The van der Waals surface area contributed by atoms with Crippen LogP contribution in [0, 0.1) is 0 Å². The van der Waals surface area contributed by atoms with Gasteiger partial charge in [0.15, 0.2) is 0 Å². The lowest BCUT2D eigenvalue weighted by Crippen LogP contribution is -1.72. The first-order valence-electron chi connectivity index (χ1n) is 4.42. The van der Waals surface area contributed by atoms with Crippen LogP contribution >= 0.6 is 11.6 Å². The summed E-state index contributed by atoms with van der Waals surface area (Å²) in [5.74, 6) is 0. The number of hydrogen-bond donors (Lipinski definition) is 1. The van der Waals surface area contributed by atoms with Crippen LogP contribution < -0.4 is 0 Å². The van der Waals surface area contributed by atoms with E-state index in [1.165, 1.54) is 0 Å². The fraction of sp³-hybridized carbons (Fsp3) is 0. The van der Waals surface area contributed by atoms with E-state index in [0.717, 1.165) is 16.1 Å². The smallest absolute Gasteiger partial charge is 0.0478 e. The number of H-pyrrole nitrogens is 1. The van der Waals surface area contributed by atoms with Crippen molar-refractivity contribution >= 4 is 23.8 Å². The molecule has 2 heteroatoms. The molecule has 0 aliphatic carbocycles. The van der Waals surface area contributed by atoms with Crippen molar-refractivity contribution in [3.63, 3.8) is 0 Å². The summed E-state index contributed by atoms with van der Waals surface area (Å²) in [5.41, 5.74) is 2.18. The SMILES string of the molecule is Clc1ccccc1/C=C/c1cc[nH]c1. The van der Waals surface area contributed by atoms with E-state index in [4.69, 9.17) is 11.6 Å². The molecule has 0 unspecified atom stereocenters. The Kier molecular flexibility index (Phi) is 2.70. The molecule has 0 aliphatic heterocycles. The Morgan fingerprint density at radius 2 is 1.93 bits per heavy atom. The fourth-order valence-electron chi connectivity index (χ4n) is 1.24. The molecule has 0 saturated carbocycles. The Balaban J connectivity index is 2.23. The van der Waals surface area contributed by atoms with E-state index in [1.807, 2.05) is 54.9 Å². The van der Waals surface area contributed by atoms with Crippen molar-refractivity contribution in [1.29, 1.82) is 0 Å². The van der Waals surface area contributed by atoms with E-state index in [1.54, 1.807) is 0 Å². The van der Waals surface area contributed by atoms with Gasteiger partial charge < -0.3 is 4.98 Å². The summed E-state index contributed by atoms with van der Waals surface area (Å²) >= 11 is 6.01. The van der Waals surface area contributed by atoms with Gasteiger partial charge >= 0.3 is 0 Å². The number of halogens is 1. The standard InChI is InChI=1S/C12H10ClN/c13-12-4-2-1-3-11(12)6-5-10-7-8-14-9-10/h1-9,14H/b6-5+. The zero-order chi connectivity index (χ0) is 9.80. The monoisotopic (exact) mass is 203 g/mol. The minimum absolute atomic E-state index is 0.777. The Morgan fingerprint density at radius 1 is 1.07 bits per heavy atom. The summed E-state index contributed by atoms with van der Waals surface area (Å²) in [6.45, 7) is 0. The van der Waals surface area contributed by atoms with Crippen LogP contribution in [0.5, 0.6) is 0 Å². The van der Waals surface area contributed by atoms with Crippen molar-refractivity contribution in [3.05, 3.63) is 58.9 Å². The topological polar surface area (TPSA) is 15.8 Å². The van der Waals surface area contributed by atoms with Crippen molar-refractivity contribution in [2.45, 2.75) is 0 Å². The highest BCUT2D eigenvalue weighted by molar-refractivity contribution is 6.32. The van der Waals surface area contributed by atoms with Gasteiger partial charge in [0.2, 0.25) is 0 Å². The van der Waals surface area contributed by atoms with E-state index < -0.39 is 0 Å². The zero-order valence-electron chi connectivity index (χ0n) is 7.57. The normalized spacial score (nSPS) is 10.9. The minimum atomic E-state index is 0.777. The molecular formula is C12H10ClN. The summed E-state index contributed by atoms with van der Waals surface area (Å²) in [7, 11) is 0. The quantitative estimate of drug-likeness (QED) is 0.764. The van der Waals surface area contributed by atoms with Gasteiger partial charge in [0.1, 0.15) is 0 Å². The van der Waals surface area contributed by atoms with Crippen molar-refractivity contribution in [2.75, 3.05) is 0 Å². The number of aromatic amines is 1. The molecule has 1 aromatic heterocycles. The van der Waals surface area contributed by atoms with Gasteiger partial charge in [-0.15, -0.1) is 0 Å². The van der Waals surface area contributed by atoms with Crippen LogP contribution in [0.3, 0.4) is 0 Å². The molecule has 1 nitrogen and oxygen atoms in total. The summed E-state index contributed by atoms with van der Waals surface area (Å²) < 4.78 is 0. The first kappa shape index (κ1) is 9.10. The second-order valence-electron chi connectivity index (χ2n) is 3.00. The number of aromatic nitrogens is 1. The first-order chi connectivity index (χ1) is 6.86. The molecule has 70 valence electrons. The van der Waals surface area contributed by atoms with Gasteiger partial charge in [-0.1, -0.05) is 42.0 Å². The maximum atomic E-state index is 6.01. The second-order valence-corrected chi connectivity index (χ2v) is 3.41. The van der Waals surface area contributed by atoms with Crippen LogP contribution in [0.15, 0.2) is 42.7 Å². The van der Waals surface area contributed by atoms with E-state index in [0.29, 0.717) is 0 Å². The highest BCUT2D eigenvalue weighted by atomic mass is 35.5. The third-order valence-electron chi connectivity index (χ3n) is 1.98. The summed E-state index contributed by atoms with van der Waals surface area (Å²) in [5, 5.41) is 0.777. The Bertz CT molecular complexity index is 429. The van der Waals surface area contributed by atoms with Crippen molar-refractivity contribution in [1.82, 2.24) is 4.98 Å². The van der Waals surface area contributed by atoms with E-state index in [9.17, 15) is 0 Å². The van der Waals surface area contributed by atoms with Crippen molar-refractivity contribution < 1.29 is 0 Å². The van der Waals surface area contributed by atoms with Crippen LogP contribution in [0.4, 0.5) is 0 Å². The van der Waals surface area contributed by atoms with Crippen molar-refractivity contribution in [3.8, 4) is 0 Å². The molecule has 0 spiro atoms. The van der Waals surface area contributed by atoms with E-state index in [2.05, 4.69) is 4.98 Å².